The average molecular weight is 479 g/mol. The fraction of sp³-hybridized carbons (Fsp3) is 0.464. The van der Waals surface area contributed by atoms with E-state index in [0.717, 1.165) is 30.4 Å². The van der Waals surface area contributed by atoms with E-state index in [9.17, 15) is 14.4 Å². The zero-order valence-electron chi connectivity index (χ0n) is 20.2. The standard InChI is InChI=1S/C28H34N2O5/c1-2-19(27(33)30-16-8-7-9-20(30)14-15-26(31)32)17-29-28(34)35-18-25-23-12-5-3-10-21(23)22-11-4-6-13-24(22)25/h3-6,10-13,19-20,25H,2,7-9,14-18H2,1H3,(H,29,34)(H,31,32). The van der Waals surface area contributed by atoms with Crippen molar-refractivity contribution < 1.29 is 24.2 Å². The van der Waals surface area contributed by atoms with Gasteiger partial charge >= 0.3 is 12.1 Å². The van der Waals surface area contributed by atoms with Crippen molar-refractivity contribution in [3.05, 3.63) is 59.7 Å². The minimum atomic E-state index is -0.841. The molecule has 2 amide bonds. The minimum Gasteiger partial charge on any atom is -0.481 e. The maximum Gasteiger partial charge on any atom is 0.407 e. The summed E-state index contributed by atoms with van der Waals surface area (Å²) in [6.45, 7) is 3.00. The Balaban J connectivity index is 1.32. The molecular weight excluding hydrogens is 444 g/mol. The van der Waals surface area contributed by atoms with Crippen LogP contribution in [0.5, 0.6) is 0 Å². The van der Waals surface area contributed by atoms with Crippen LogP contribution in [0.4, 0.5) is 4.79 Å². The molecule has 2 aliphatic rings. The summed E-state index contributed by atoms with van der Waals surface area (Å²) in [6, 6.07) is 16.3. The molecular formula is C28H34N2O5. The SMILES string of the molecule is CCC(CNC(=O)OCC1c2ccccc2-c2ccccc21)C(=O)N1CCCCC1CCC(=O)O. The molecule has 1 saturated heterocycles. The van der Waals surface area contributed by atoms with E-state index in [1.54, 1.807) is 0 Å². The van der Waals surface area contributed by atoms with E-state index in [2.05, 4.69) is 29.6 Å². The summed E-state index contributed by atoms with van der Waals surface area (Å²) in [4.78, 5) is 38.6. The minimum absolute atomic E-state index is 0.0125. The number of benzene rings is 2. The van der Waals surface area contributed by atoms with Crippen LogP contribution in [0.2, 0.25) is 0 Å². The summed E-state index contributed by atoms with van der Waals surface area (Å²) in [6.07, 6.45) is 3.34. The largest absolute Gasteiger partial charge is 0.481 e. The molecule has 1 heterocycles. The van der Waals surface area contributed by atoms with E-state index >= 15 is 0 Å². The number of carboxylic acid groups (broad SMARTS) is 1. The van der Waals surface area contributed by atoms with Gasteiger partial charge in [0.15, 0.2) is 0 Å². The molecule has 2 aromatic carbocycles. The molecule has 7 heteroatoms. The lowest BCUT2D eigenvalue weighted by molar-refractivity contribution is -0.142. The van der Waals surface area contributed by atoms with Crippen LogP contribution in [0.25, 0.3) is 11.1 Å². The second-order valence-corrected chi connectivity index (χ2v) is 9.43. The number of nitrogens with zero attached hydrogens (tertiary/aromatic N) is 1. The van der Waals surface area contributed by atoms with Gasteiger partial charge in [-0.3, -0.25) is 9.59 Å². The smallest absolute Gasteiger partial charge is 0.407 e. The van der Waals surface area contributed by atoms with Gasteiger partial charge in [-0.05, 0) is 54.4 Å². The van der Waals surface area contributed by atoms with Crippen LogP contribution in [0.3, 0.4) is 0 Å². The number of alkyl carbamates (subject to hydrolysis) is 1. The number of hydrogen-bond donors (Lipinski definition) is 2. The lowest BCUT2D eigenvalue weighted by atomic mass is 9.95. The molecule has 0 aromatic heterocycles. The van der Waals surface area contributed by atoms with E-state index in [0.29, 0.717) is 19.4 Å². The summed E-state index contributed by atoms with van der Waals surface area (Å²) < 4.78 is 5.61. The number of amides is 2. The Hall–Kier alpha value is -3.35. The zero-order valence-corrected chi connectivity index (χ0v) is 20.2. The first-order valence-corrected chi connectivity index (χ1v) is 12.6. The highest BCUT2D eigenvalue weighted by atomic mass is 16.5. The third-order valence-corrected chi connectivity index (χ3v) is 7.28. The second kappa shape index (κ2) is 11.4. The Morgan fingerprint density at radius 1 is 1.06 bits per heavy atom. The van der Waals surface area contributed by atoms with Gasteiger partial charge in [-0.2, -0.15) is 0 Å². The van der Waals surface area contributed by atoms with Crippen LogP contribution in [-0.4, -0.2) is 53.7 Å². The highest BCUT2D eigenvalue weighted by molar-refractivity contribution is 5.81. The van der Waals surface area contributed by atoms with Crippen molar-refractivity contribution in [1.29, 1.82) is 0 Å². The number of hydrogen-bond acceptors (Lipinski definition) is 4. The molecule has 2 atom stereocenters. The number of carbonyl (C=O) groups excluding carboxylic acids is 2. The van der Waals surface area contributed by atoms with Gasteiger partial charge in [0.1, 0.15) is 6.61 Å². The maximum absolute atomic E-state index is 13.2. The van der Waals surface area contributed by atoms with Crippen molar-refractivity contribution in [2.45, 2.75) is 57.4 Å². The lowest BCUT2D eigenvalue weighted by Gasteiger charge is -2.37. The third-order valence-electron chi connectivity index (χ3n) is 7.28. The second-order valence-electron chi connectivity index (χ2n) is 9.43. The van der Waals surface area contributed by atoms with Crippen LogP contribution in [0, 0.1) is 5.92 Å². The normalized spacial score (nSPS) is 17.9. The number of rotatable bonds is 9. The molecule has 4 rings (SSSR count). The number of carboxylic acids is 1. The molecule has 0 radical (unpaired) electrons. The van der Waals surface area contributed by atoms with Crippen LogP contribution in [-0.2, 0) is 14.3 Å². The van der Waals surface area contributed by atoms with Gasteiger partial charge in [0.25, 0.3) is 0 Å². The quantitative estimate of drug-likeness (QED) is 0.540. The fourth-order valence-electron chi connectivity index (χ4n) is 5.38. The van der Waals surface area contributed by atoms with Gasteiger partial charge in [0, 0.05) is 31.5 Å². The Bertz CT molecular complexity index is 1020. The molecule has 1 fully saturated rings. The number of nitrogens with one attached hydrogen (secondary N) is 1. The van der Waals surface area contributed by atoms with Crippen molar-refractivity contribution in [2.24, 2.45) is 5.92 Å². The van der Waals surface area contributed by atoms with Crippen LogP contribution in [0.15, 0.2) is 48.5 Å². The number of piperidine rings is 1. The van der Waals surface area contributed by atoms with Crippen molar-refractivity contribution in [2.75, 3.05) is 19.7 Å². The van der Waals surface area contributed by atoms with Crippen LogP contribution >= 0.6 is 0 Å². The predicted octanol–water partition coefficient (Wildman–Crippen LogP) is 4.80. The van der Waals surface area contributed by atoms with E-state index in [1.807, 2.05) is 36.1 Å². The Labute approximate surface area is 206 Å². The van der Waals surface area contributed by atoms with Crippen LogP contribution in [0.1, 0.15) is 62.5 Å². The molecule has 1 aliphatic heterocycles. The summed E-state index contributed by atoms with van der Waals surface area (Å²) in [5, 5.41) is 11.8. The first-order valence-electron chi connectivity index (χ1n) is 12.6. The Morgan fingerprint density at radius 2 is 1.71 bits per heavy atom. The summed E-state index contributed by atoms with van der Waals surface area (Å²) in [7, 11) is 0. The molecule has 0 saturated carbocycles. The first kappa shape index (κ1) is 24.8. The van der Waals surface area contributed by atoms with E-state index in [-0.39, 0.29) is 43.4 Å². The van der Waals surface area contributed by atoms with Crippen molar-refractivity contribution in [1.82, 2.24) is 10.2 Å². The van der Waals surface area contributed by atoms with Crippen molar-refractivity contribution >= 4 is 18.0 Å². The number of fused-ring (bicyclic) bond motifs is 3. The fourth-order valence-corrected chi connectivity index (χ4v) is 5.38. The van der Waals surface area contributed by atoms with Crippen LogP contribution < -0.4 is 5.32 Å². The molecule has 186 valence electrons. The van der Waals surface area contributed by atoms with Crippen molar-refractivity contribution in [3.63, 3.8) is 0 Å². The van der Waals surface area contributed by atoms with Gasteiger partial charge in [-0.15, -0.1) is 0 Å². The third kappa shape index (κ3) is 5.66. The van der Waals surface area contributed by atoms with E-state index < -0.39 is 12.1 Å². The van der Waals surface area contributed by atoms with Gasteiger partial charge in [0.2, 0.25) is 5.91 Å². The van der Waals surface area contributed by atoms with Crippen molar-refractivity contribution in [3.8, 4) is 11.1 Å². The topological polar surface area (TPSA) is 95.9 Å². The molecule has 0 spiro atoms. The number of likely N-dealkylation sites (tertiary alicyclic amines) is 1. The maximum atomic E-state index is 13.2. The predicted molar refractivity (Wildman–Crippen MR) is 133 cm³/mol. The molecule has 2 N–H and O–H groups in total. The number of carbonyl (C=O) groups is 3. The van der Waals surface area contributed by atoms with E-state index in [1.165, 1.54) is 11.1 Å². The Morgan fingerprint density at radius 3 is 2.34 bits per heavy atom. The average Bonchev–Trinajstić information content (AvgIpc) is 3.20. The summed E-state index contributed by atoms with van der Waals surface area (Å²) in [5.41, 5.74) is 4.65. The monoisotopic (exact) mass is 478 g/mol. The zero-order chi connectivity index (χ0) is 24.8. The van der Waals surface area contributed by atoms with Gasteiger partial charge < -0.3 is 20.1 Å². The van der Waals surface area contributed by atoms with E-state index in [4.69, 9.17) is 9.84 Å². The lowest BCUT2D eigenvalue weighted by Crippen LogP contribution is -2.48. The Kier molecular flexibility index (Phi) is 8.06. The highest BCUT2D eigenvalue weighted by Gasteiger charge is 2.32. The van der Waals surface area contributed by atoms with Gasteiger partial charge in [-0.25, -0.2) is 4.79 Å². The summed E-state index contributed by atoms with van der Waals surface area (Å²) in [5.74, 6) is -1.23. The molecule has 0 bridgehead atoms. The van der Waals surface area contributed by atoms with Gasteiger partial charge in [0.05, 0.1) is 5.92 Å². The molecule has 1 aliphatic carbocycles. The molecule has 7 nitrogen and oxygen atoms in total. The highest BCUT2D eigenvalue weighted by Crippen LogP contribution is 2.44. The molecule has 35 heavy (non-hydrogen) atoms. The van der Waals surface area contributed by atoms with Gasteiger partial charge in [-0.1, -0.05) is 55.5 Å². The number of aliphatic carboxylic acids is 1. The number of ether oxygens (including phenoxy) is 1. The summed E-state index contributed by atoms with van der Waals surface area (Å²) >= 11 is 0. The molecule has 2 aromatic rings. The molecule has 2 unspecified atom stereocenters. The first-order chi connectivity index (χ1) is 17.0.